The maximum absolute atomic E-state index is 13.8. The standard InChI is InChI=1S/C44H71N9O15/c1-9-23(6)34(42(65)51-32(20-55)44(67)68)52-40(63)29(17-26-13-11-10-12-14-26)47-36(59)24(7)46-38(61)28(16-22(4)5)49-43(66)35(25(8)56)53-41(64)31(19-54)50-39(62)30(18-33(57)58)48-37(60)27(45)15-21(2)3/h10-14,21-25,27-32,34-35,54-56H,9,15-20,45H2,1-8H3,(H,46,61)(H,47,59)(H,48,60)(H,49,66)(H,50,62)(H,51,65)(H,52,63)(H,53,64)(H,57,58)(H,67,68)/t23-,24-,25+,27-,28-,29-,30-,31-,32-,34-,35-/m0/s1. The Labute approximate surface area is 395 Å². The molecule has 68 heavy (non-hydrogen) atoms. The smallest absolute Gasteiger partial charge is 0.328 e. The van der Waals surface area contributed by atoms with Crippen molar-refractivity contribution in [3.63, 3.8) is 0 Å². The molecule has 0 radical (unpaired) electrons. The molecule has 0 saturated heterocycles. The average Bonchev–Trinajstić information content (AvgIpc) is 3.26. The SMILES string of the molecule is CC[C@H](C)[C@H](NC(=O)[C@H](Cc1ccccc1)NC(=O)[C@H](C)NC(=O)[C@H](CC(C)C)NC(=O)[C@@H](NC(=O)[C@H](CO)NC(=O)[C@H](CC(=O)O)NC(=O)[C@@H](N)CC(C)C)[C@@H](C)O)C(=O)N[C@@H](CO)C(=O)O. The summed E-state index contributed by atoms with van der Waals surface area (Å²) in [4.78, 5) is 130. The van der Waals surface area contributed by atoms with Crippen LogP contribution in [0.3, 0.4) is 0 Å². The monoisotopic (exact) mass is 966 g/mol. The number of carbonyl (C=O) groups is 10. The van der Waals surface area contributed by atoms with Crippen molar-refractivity contribution < 1.29 is 73.5 Å². The van der Waals surface area contributed by atoms with Gasteiger partial charge in [0, 0.05) is 6.42 Å². The number of carboxylic acid groups (broad SMARTS) is 2. The van der Waals surface area contributed by atoms with Crippen LogP contribution in [0.2, 0.25) is 0 Å². The van der Waals surface area contributed by atoms with Gasteiger partial charge < -0.3 is 73.8 Å². The lowest BCUT2D eigenvalue weighted by Gasteiger charge is -2.29. The fraction of sp³-hybridized carbons (Fsp3) is 0.636. The lowest BCUT2D eigenvalue weighted by Crippen LogP contribution is -2.62. The summed E-state index contributed by atoms with van der Waals surface area (Å²) in [6.45, 7) is 10.8. The van der Waals surface area contributed by atoms with E-state index < -0.39 is 145 Å². The van der Waals surface area contributed by atoms with Crippen LogP contribution in [0.4, 0.5) is 0 Å². The number of aliphatic hydroxyl groups is 3. The molecule has 382 valence electrons. The number of nitrogens with two attached hydrogens (primary N) is 1. The first-order valence-corrected chi connectivity index (χ1v) is 22.3. The fourth-order valence-corrected chi connectivity index (χ4v) is 6.51. The molecule has 24 heteroatoms. The van der Waals surface area contributed by atoms with E-state index in [4.69, 9.17) is 5.73 Å². The highest BCUT2D eigenvalue weighted by Crippen LogP contribution is 2.12. The molecule has 0 aliphatic heterocycles. The van der Waals surface area contributed by atoms with Gasteiger partial charge in [-0.05, 0) is 50.0 Å². The third-order valence-corrected chi connectivity index (χ3v) is 10.6. The van der Waals surface area contributed by atoms with E-state index in [1.165, 1.54) is 6.92 Å². The zero-order valence-electron chi connectivity index (χ0n) is 39.7. The maximum atomic E-state index is 13.8. The molecule has 0 unspecified atom stereocenters. The summed E-state index contributed by atoms with van der Waals surface area (Å²) in [6.07, 6.45) is -2.11. The lowest BCUT2D eigenvalue weighted by molar-refractivity contribution is -0.143. The van der Waals surface area contributed by atoms with Gasteiger partial charge in [-0.3, -0.25) is 43.2 Å². The van der Waals surface area contributed by atoms with Gasteiger partial charge in [0.2, 0.25) is 47.3 Å². The summed E-state index contributed by atoms with van der Waals surface area (Å²) in [6, 6.07) is -5.01. The van der Waals surface area contributed by atoms with Crippen LogP contribution in [-0.4, -0.2) is 158 Å². The number of aliphatic carboxylic acids is 2. The van der Waals surface area contributed by atoms with Crippen molar-refractivity contribution in [1.29, 1.82) is 0 Å². The first-order chi connectivity index (χ1) is 31.8. The number of aliphatic hydroxyl groups excluding tert-OH is 3. The predicted octanol–water partition coefficient (Wildman–Crippen LogP) is -3.48. The number of benzene rings is 1. The van der Waals surface area contributed by atoms with Crippen LogP contribution in [0.15, 0.2) is 30.3 Å². The van der Waals surface area contributed by atoms with Crippen LogP contribution in [-0.2, 0) is 54.4 Å². The summed E-state index contributed by atoms with van der Waals surface area (Å²) < 4.78 is 0. The van der Waals surface area contributed by atoms with Crippen molar-refractivity contribution >= 4 is 59.2 Å². The minimum absolute atomic E-state index is 0.0172. The Kier molecular flexibility index (Phi) is 25.9. The molecule has 1 aromatic carbocycles. The zero-order chi connectivity index (χ0) is 52.0. The number of amides is 8. The number of hydrogen-bond acceptors (Lipinski definition) is 14. The minimum Gasteiger partial charge on any atom is -0.481 e. The van der Waals surface area contributed by atoms with E-state index in [9.17, 15) is 73.5 Å². The van der Waals surface area contributed by atoms with E-state index in [0.717, 1.165) is 6.92 Å². The first-order valence-electron chi connectivity index (χ1n) is 22.3. The van der Waals surface area contributed by atoms with Crippen LogP contribution in [0.5, 0.6) is 0 Å². The molecule has 15 N–H and O–H groups in total. The highest BCUT2D eigenvalue weighted by atomic mass is 16.4. The largest absolute Gasteiger partial charge is 0.481 e. The maximum Gasteiger partial charge on any atom is 0.328 e. The number of carboxylic acids is 2. The summed E-state index contributed by atoms with van der Waals surface area (Å²) >= 11 is 0. The van der Waals surface area contributed by atoms with Crippen LogP contribution in [0.1, 0.15) is 86.6 Å². The first kappa shape index (κ1) is 59.8. The topological polar surface area (TPSA) is 394 Å². The van der Waals surface area contributed by atoms with E-state index in [1.807, 2.05) is 0 Å². The van der Waals surface area contributed by atoms with Crippen molar-refractivity contribution in [1.82, 2.24) is 42.5 Å². The van der Waals surface area contributed by atoms with Crippen molar-refractivity contribution in [2.24, 2.45) is 23.5 Å². The number of hydrogen-bond donors (Lipinski definition) is 14. The summed E-state index contributed by atoms with van der Waals surface area (Å²) in [5.74, 6) is -11.6. The van der Waals surface area contributed by atoms with Crippen LogP contribution >= 0.6 is 0 Å². The molecule has 0 aliphatic rings. The quantitative estimate of drug-likeness (QED) is 0.0356. The molecule has 0 heterocycles. The Morgan fingerprint density at radius 2 is 0.985 bits per heavy atom. The zero-order valence-corrected chi connectivity index (χ0v) is 39.7. The van der Waals surface area contributed by atoms with Gasteiger partial charge >= 0.3 is 11.9 Å². The second-order valence-electron chi connectivity index (χ2n) is 17.5. The van der Waals surface area contributed by atoms with Gasteiger partial charge in [-0.15, -0.1) is 0 Å². The molecule has 0 saturated carbocycles. The molecule has 0 aliphatic carbocycles. The number of nitrogens with one attached hydrogen (secondary N) is 8. The normalized spacial score (nSPS) is 16.1. The Balaban J connectivity index is 3.27. The van der Waals surface area contributed by atoms with E-state index in [-0.39, 0.29) is 31.1 Å². The van der Waals surface area contributed by atoms with Gasteiger partial charge in [0.05, 0.1) is 31.8 Å². The molecule has 0 bridgehead atoms. The van der Waals surface area contributed by atoms with Gasteiger partial charge in [0.1, 0.15) is 48.3 Å². The highest BCUT2D eigenvalue weighted by Gasteiger charge is 2.36. The Morgan fingerprint density at radius 3 is 1.49 bits per heavy atom. The van der Waals surface area contributed by atoms with Crippen molar-refractivity contribution in [3.8, 4) is 0 Å². The third-order valence-electron chi connectivity index (χ3n) is 10.6. The number of rotatable bonds is 30. The van der Waals surface area contributed by atoms with Crippen LogP contribution in [0, 0.1) is 17.8 Å². The van der Waals surface area contributed by atoms with Crippen molar-refractivity contribution in [2.75, 3.05) is 13.2 Å². The van der Waals surface area contributed by atoms with E-state index in [2.05, 4.69) is 42.5 Å². The van der Waals surface area contributed by atoms with Crippen LogP contribution < -0.4 is 48.3 Å². The lowest BCUT2D eigenvalue weighted by atomic mass is 9.96. The minimum atomic E-state index is -1.83. The van der Waals surface area contributed by atoms with E-state index >= 15 is 0 Å². The Bertz CT molecular complexity index is 1880. The molecule has 1 rings (SSSR count). The third kappa shape index (κ3) is 20.7. The van der Waals surface area contributed by atoms with Gasteiger partial charge in [-0.2, -0.15) is 0 Å². The van der Waals surface area contributed by atoms with E-state index in [0.29, 0.717) is 12.0 Å². The molecule has 0 fully saturated rings. The summed E-state index contributed by atoms with van der Waals surface area (Å²) in [5, 5.41) is 67.5. The molecule has 0 aromatic heterocycles. The van der Waals surface area contributed by atoms with Crippen molar-refractivity contribution in [2.45, 2.75) is 148 Å². The van der Waals surface area contributed by atoms with Crippen LogP contribution in [0.25, 0.3) is 0 Å². The summed E-state index contributed by atoms with van der Waals surface area (Å²) in [7, 11) is 0. The van der Waals surface area contributed by atoms with Crippen molar-refractivity contribution in [3.05, 3.63) is 35.9 Å². The highest BCUT2D eigenvalue weighted by molar-refractivity contribution is 5.98. The van der Waals surface area contributed by atoms with Gasteiger partial charge in [0.25, 0.3) is 0 Å². The molecule has 0 spiro atoms. The van der Waals surface area contributed by atoms with E-state index in [1.54, 1.807) is 71.9 Å². The molecule has 8 amide bonds. The molecule has 11 atom stereocenters. The summed E-state index contributed by atoms with van der Waals surface area (Å²) in [5.41, 5.74) is 6.46. The second kappa shape index (κ2) is 29.5. The van der Waals surface area contributed by atoms with Gasteiger partial charge in [0.15, 0.2) is 0 Å². The number of carbonyl (C=O) groups excluding carboxylic acids is 8. The average molecular weight is 966 g/mol. The Morgan fingerprint density at radius 1 is 0.529 bits per heavy atom. The second-order valence-corrected chi connectivity index (χ2v) is 17.5. The molecular formula is C44H71N9O15. The fourth-order valence-electron chi connectivity index (χ4n) is 6.51. The van der Waals surface area contributed by atoms with Gasteiger partial charge in [-0.1, -0.05) is 78.3 Å². The molecular weight excluding hydrogens is 895 g/mol. The van der Waals surface area contributed by atoms with Gasteiger partial charge in [-0.25, -0.2) is 4.79 Å². The molecule has 1 aromatic rings. The predicted molar refractivity (Wildman–Crippen MR) is 243 cm³/mol. The Hall–Kier alpha value is -6.24. The molecule has 24 nitrogen and oxygen atoms in total.